The van der Waals surface area contributed by atoms with Crippen molar-refractivity contribution in [2.24, 2.45) is 0 Å². The number of nitrogens with one attached hydrogen (secondary N) is 2. The van der Waals surface area contributed by atoms with E-state index in [9.17, 15) is 14.4 Å². The van der Waals surface area contributed by atoms with E-state index >= 15 is 0 Å². The van der Waals surface area contributed by atoms with Crippen molar-refractivity contribution in [2.75, 3.05) is 19.2 Å². The largest absolute Gasteiger partial charge is 0.497 e. The third kappa shape index (κ3) is 3.93. The Bertz CT molecular complexity index is 959. The summed E-state index contributed by atoms with van der Waals surface area (Å²) < 4.78 is 15.6. The van der Waals surface area contributed by atoms with Crippen molar-refractivity contribution in [3.8, 4) is 17.2 Å². The summed E-state index contributed by atoms with van der Waals surface area (Å²) in [6, 6.07) is 10.6. The number of hydrogen-bond donors (Lipinski definition) is 2. The fraction of sp³-hybridized carbons (Fsp3) is 0.250. The summed E-state index contributed by atoms with van der Waals surface area (Å²) in [5, 5.41) is 5.26. The van der Waals surface area contributed by atoms with E-state index in [0.29, 0.717) is 22.9 Å². The summed E-state index contributed by atoms with van der Waals surface area (Å²) in [7, 11) is 1.56. The van der Waals surface area contributed by atoms with Gasteiger partial charge in [0.1, 0.15) is 11.8 Å². The topological polar surface area (TPSA) is 106 Å². The molecule has 1 saturated heterocycles. The average Bonchev–Trinajstić information content (AvgIpc) is 3.28. The Morgan fingerprint density at radius 1 is 1.17 bits per heavy atom. The van der Waals surface area contributed by atoms with Crippen LogP contribution >= 0.6 is 0 Å². The van der Waals surface area contributed by atoms with Crippen LogP contribution in [0.5, 0.6) is 17.2 Å². The molecule has 9 nitrogen and oxygen atoms in total. The number of anilines is 1. The van der Waals surface area contributed by atoms with Crippen LogP contribution in [0.1, 0.15) is 12.0 Å². The summed E-state index contributed by atoms with van der Waals surface area (Å²) >= 11 is 0. The number of ether oxygens (including phenoxy) is 3. The van der Waals surface area contributed by atoms with E-state index in [1.807, 2.05) is 0 Å². The maximum absolute atomic E-state index is 12.6. The molecule has 0 aromatic heterocycles. The number of fused-ring (bicyclic) bond motifs is 1. The Hall–Kier alpha value is -3.75. The maximum Gasteiger partial charge on any atom is 0.325 e. The number of carbonyl (C=O) groups excluding carboxylic acids is 3. The van der Waals surface area contributed by atoms with Gasteiger partial charge in [-0.1, -0.05) is 12.1 Å². The molecule has 2 aromatic rings. The fourth-order valence-electron chi connectivity index (χ4n) is 3.15. The second-order valence-corrected chi connectivity index (χ2v) is 6.59. The lowest BCUT2D eigenvalue weighted by Gasteiger charge is -2.13. The highest BCUT2D eigenvalue weighted by molar-refractivity contribution is 6.06. The van der Waals surface area contributed by atoms with E-state index < -0.39 is 23.9 Å². The Morgan fingerprint density at radius 2 is 1.93 bits per heavy atom. The highest BCUT2D eigenvalue weighted by Crippen LogP contribution is 2.34. The number of benzene rings is 2. The van der Waals surface area contributed by atoms with Crippen molar-refractivity contribution in [1.82, 2.24) is 10.2 Å². The number of nitrogens with zero attached hydrogens (tertiary/aromatic N) is 1. The number of urea groups is 1. The van der Waals surface area contributed by atoms with Crippen molar-refractivity contribution >= 4 is 23.5 Å². The summed E-state index contributed by atoms with van der Waals surface area (Å²) in [5.41, 5.74) is 1.30. The van der Waals surface area contributed by atoms with Crippen LogP contribution in [0.4, 0.5) is 10.5 Å². The van der Waals surface area contributed by atoms with E-state index in [4.69, 9.17) is 14.2 Å². The first-order valence-electron chi connectivity index (χ1n) is 8.98. The van der Waals surface area contributed by atoms with Gasteiger partial charge in [-0.15, -0.1) is 0 Å². The van der Waals surface area contributed by atoms with Crippen molar-refractivity contribution in [3.05, 3.63) is 48.0 Å². The van der Waals surface area contributed by atoms with E-state index in [2.05, 4.69) is 10.6 Å². The molecule has 1 fully saturated rings. The fourth-order valence-corrected chi connectivity index (χ4v) is 3.15. The molecule has 9 heteroatoms. The average molecular weight is 397 g/mol. The van der Waals surface area contributed by atoms with Gasteiger partial charge >= 0.3 is 6.03 Å². The molecule has 4 rings (SSSR count). The van der Waals surface area contributed by atoms with Gasteiger partial charge in [-0.25, -0.2) is 4.79 Å². The predicted octanol–water partition coefficient (Wildman–Crippen LogP) is 1.87. The molecule has 0 radical (unpaired) electrons. The number of methoxy groups -OCH3 is 1. The first kappa shape index (κ1) is 18.6. The van der Waals surface area contributed by atoms with Crippen LogP contribution in [-0.2, 0) is 16.1 Å². The second kappa shape index (κ2) is 7.70. The SMILES string of the molecule is COc1ccc(CN2C(=O)N[C@H](CC(=O)Nc3ccc4c(c3)OCO4)C2=O)cc1. The van der Waals surface area contributed by atoms with Crippen LogP contribution in [-0.4, -0.2) is 42.7 Å². The molecule has 0 unspecified atom stereocenters. The number of amides is 4. The van der Waals surface area contributed by atoms with Crippen LogP contribution in [0.2, 0.25) is 0 Å². The van der Waals surface area contributed by atoms with Gasteiger partial charge in [-0.2, -0.15) is 0 Å². The highest BCUT2D eigenvalue weighted by Gasteiger charge is 2.39. The summed E-state index contributed by atoms with van der Waals surface area (Å²) in [5.74, 6) is 0.999. The monoisotopic (exact) mass is 397 g/mol. The maximum atomic E-state index is 12.6. The third-order valence-electron chi connectivity index (χ3n) is 4.65. The van der Waals surface area contributed by atoms with Gasteiger partial charge in [0.2, 0.25) is 12.7 Å². The predicted molar refractivity (Wildman–Crippen MR) is 102 cm³/mol. The number of hydrogen-bond acceptors (Lipinski definition) is 6. The molecule has 29 heavy (non-hydrogen) atoms. The van der Waals surface area contributed by atoms with E-state index in [1.165, 1.54) is 0 Å². The molecule has 2 aliphatic rings. The molecule has 150 valence electrons. The van der Waals surface area contributed by atoms with Crippen LogP contribution in [0.15, 0.2) is 42.5 Å². The third-order valence-corrected chi connectivity index (χ3v) is 4.65. The molecule has 4 amide bonds. The summed E-state index contributed by atoms with van der Waals surface area (Å²) in [6.07, 6.45) is -0.169. The number of imide groups is 1. The Balaban J connectivity index is 1.36. The van der Waals surface area contributed by atoms with Gasteiger partial charge in [-0.3, -0.25) is 14.5 Å². The molecule has 0 saturated carbocycles. The van der Waals surface area contributed by atoms with E-state index in [1.54, 1.807) is 49.6 Å². The van der Waals surface area contributed by atoms with E-state index in [0.717, 1.165) is 10.5 Å². The Labute approximate surface area is 166 Å². The normalized spacial score (nSPS) is 17.3. The number of rotatable bonds is 6. The number of carbonyl (C=O) groups is 3. The quantitative estimate of drug-likeness (QED) is 0.721. The lowest BCUT2D eigenvalue weighted by molar-refractivity contribution is -0.130. The minimum Gasteiger partial charge on any atom is -0.497 e. The first-order chi connectivity index (χ1) is 14.0. The van der Waals surface area contributed by atoms with Gasteiger partial charge in [0, 0.05) is 11.8 Å². The molecule has 2 aromatic carbocycles. The van der Waals surface area contributed by atoms with Crippen LogP contribution < -0.4 is 24.8 Å². The molecule has 1 atom stereocenters. The van der Waals surface area contributed by atoms with Gasteiger partial charge in [0.25, 0.3) is 5.91 Å². The minimum absolute atomic E-state index is 0.120. The summed E-state index contributed by atoms with van der Waals surface area (Å²) in [4.78, 5) is 38.2. The lowest BCUT2D eigenvalue weighted by atomic mass is 10.1. The highest BCUT2D eigenvalue weighted by atomic mass is 16.7. The van der Waals surface area contributed by atoms with Gasteiger partial charge in [0.05, 0.1) is 20.1 Å². The molecule has 2 N–H and O–H groups in total. The smallest absolute Gasteiger partial charge is 0.325 e. The van der Waals surface area contributed by atoms with Crippen LogP contribution in [0.3, 0.4) is 0 Å². The molecule has 2 heterocycles. The zero-order chi connectivity index (χ0) is 20.4. The molecule has 0 bridgehead atoms. The van der Waals surface area contributed by atoms with Crippen LogP contribution in [0.25, 0.3) is 0 Å². The molecule has 0 spiro atoms. The van der Waals surface area contributed by atoms with Crippen molar-refractivity contribution in [2.45, 2.75) is 19.0 Å². The molecular weight excluding hydrogens is 378 g/mol. The van der Waals surface area contributed by atoms with Gasteiger partial charge in [0.15, 0.2) is 11.5 Å². The van der Waals surface area contributed by atoms with Crippen molar-refractivity contribution < 1.29 is 28.6 Å². The van der Waals surface area contributed by atoms with Crippen LogP contribution in [0, 0.1) is 0 Å². The molecule has 0 aliphatic carbocycles. The van der Waals surface area contributed by atoms with E-state index in [-0.39, 0.29) is 19.8 Å². The minimum atomic E-state index is -0.908. The lowest BCUT2D eigenvalue weighted by Crippen LogP contribution is -2.34. The standard InChI is InChI=1S/C20H19N3O6/c1-27-14-5-2-12(3-6-14)10-23-19(25)15(22-20(23)26)9-18(24)21-13-4-7-16-17(8-13)29-11-28-16/h2-8,15H,9-11H2,1H3,(H,21,24)(H,22,26)/t15-/m1/s1. The van der Waals surface area contributed by atoms with Gasteiger partial charge < -0.3 is 24.8 Å². The van der Waals surface area contributed by atoms with Crippen molar-refractivity contribution in [3.63, 3.8) is 0 Å². The zero-order valence-corrected chi connectivity index (χ0v) is 15.6. The second-order valence-electron chi connectivity index (χ2n) is 6.59. The molecule has 2 aliphatic heterocycles. The molecular formula is C20H19N3O6. The van der Waals surface area contributed by atoms with Gasteiger partial charge in [-0.05, 0) is 29.8 Å². The Kier molecular flexibility index (Phi) is 4.94. The zero-order valence-electron chi connectivity index (χ0n) is 15.6. The van der Waals surface area contributed by atoms with Crippen molar-refractivity contribution in [1.29, 1.82) is 0 Å². The Morgan fingerprint density at radius 3 is 2.69 bits per heavy atom. The summed E-state index contributed by atoms with van der Waals surface area (Å²) in [6.45, 7) is 0.258. The first-order valence-corrected chi connectivity index (χ1v) is 8.98.